The van der Waals surface area contributed by atoms with Crippen LogP contribution in [-0.2, 0) is 0 Å². The van der Waals surface area contributed by atoms with Gasteiger partial charge in [-0.1, -0.05) is 13.3 Å². The first-order valence-corrected chi connectivity index (χ1v) is 6.68. The van der Waals surface area contributed by atoms with Crippen LogP contribution in [-0.4, -0.2) is 12.7 Å². The molecule has 0 bridgehead atoms. The Balaban J connectivity index is 2.17. The standard InChI is InChI=1S/C14H18F3NO2/c1-8-4-2-3-5-11(8)19-13-7-12(20-14(16)17)9(15)6-10(13)18/h6-8,11,14H,2-5,18H2,1H3. The highest BCUT2D eigenvalue weighted by Gasteiger charge is 2.24. The van der Waals surface area contributed by atoms with Crippen LogP contribution in [0.25, 0.3) is 0 Å². The second kappa shape index (κ2) is 6.24. The maximum atomic E-state index is 13.5. The van der Waals surface area contributed by atoms with E-state index in [2.05, 4.69) is 11.7 Å². The molecule has 0 radical (unpaired) electrons. The van der Waals surface area contributed by atoms with Gasteiger partial charge in [-0.15, -0.1) is 0 Å². The van der Waals surface area contributed by atoms with Gasteiger partial charge in [-0.2, -0.15) is 8.78 Å². The Morgan fingerprint density at radius 3 is 2.55 bits per heavy atom. The lowest BCUT2D eigenvalue weighted by atomic mass is 9.88. The van der Waals surface area contributed by atoms with Gasteiger partial charge in [-0.25, -0.2) is 4.39 Å². The van der Waals surface area contributed by atoms with E-state index in [4.69, 9.17) is 10.5 Å². The minimum Gasteiger partial charge on any atom is -0.488 e. The van der Waals surface area contributed by atoms with Gasteiger partial charge in [0.1, 0.15) is 11.9 Å². The van der Waals surface area contributed by atoms with Gasteiger partial charge in [0.25, 0.3) is 0 Å². The zero-order chi connectivity index (χ0) is 14.7. The number of alkyl halides is 2. The smallest absolute Gasteiger partial charge is 0.387 e. The Labute approximate surface area is 115 Å². The largest absolute Gasteiger partial charge is 0.488 e. The fourth-order valence-electron chi connectivity index (χ4n) is 2.46. The second-order valence-corrected chi connectivity index (χ2v) is 5.12. The number of nitrogens with two attached hydrogens (primary N) is 1. The molecule has 1 aromatic carbocycles. The molecule has 2 rings (SSSR count). The summed E-state index contributed by atoms with van der Waals surface area (Å²) in [6, 6.07) is 2.04. The van der Waals surface area contributed by atoms with Gasteiger partial charge in [-0.05, 0) is 25.2 Å². The third kappa shape index (κ3) is 3.49. The second-order valence-electron chi connectivity index (χ2n) is 5.12. The van der Waals surface area contributed by atoms with Crippen molar-refractivity contribution in [1.82, 2.24) is 0 Å². The van der Waals surface area contributed by atoms with Crippen LogP contribution in [0.1, 0.15) is 32.6 Å². The van der Waals surface area contributed by atoms with E-state index in [9.17, 15) is 13.2 Å². The van der Waals surface area contributed by atoms with E-state index in [1.165, 1.54) is 0 Å². The van der Waals surface area contributed by atoms with Gasteiger partial charge in [0, 0.05) is 12.1 Å². The van der Waals surface area contributed by atoms with Crippen LogP contribution in [0.3, 0.4) is 0 Å². The Morgan fingerprint density at radius 2 is 1.90 bits per heavy atom. The predicted molar refractivity (Wildman–Crippen MR) is 69.5 cm³/mol. The van der Waals surface area contributed by atoms with Crippen molar-refractivity contribution < 1.29 is 22.6 Å². The Morgan fingerprint density at radius 1 is 1.20 bits per heavy atom. The summed E-state index contributed by atoms with van der Waals surface area (Å²) in [4.78, 5) is 0. The van der Waals surface area contributed by atoms with Crippen molar-refractivity contribution in [3.05, 3.63) is 17.9 Å². The lowest BCUT2D eigenvalue weighted by Crippen LogP contribution is -2.28. The molecule has 2 atom stereocenters. The van der Waals surface area contributed by atoms with Crippen LogP contribution >= 0.6 is 0 Å². The SMILES string of the molecule is CC1CCCCC1Oc1cc(OC(F)F)c(F)cc1N. The number of anilines is 1. The molecular weight excluding hydrogens is 271 g/mol. The lowest BCUT2D eigenvalue weighted by molar-refractivity contribution is -0.0523. The lowest BCUT2D eigenvalue weighted by Gasteiger charge is -2.29. The number of hydrogen-bond acceptors (Lipinski definition) is 3. The first-order valence-electron chi connectivity index (χ1n) is 6.68. The molecule has 0 spiro atoms. The summed E-state index contributed by atoms with van der Waals surface area (Å²) in [5, 5.41) is 0. The highest BCUT2D eigenvalue weighted by molar-refractivity contribution is 5.56. The molecule has 20 heavy (non-hydrogen) atoms. The summed E-state index contributed by atoms with van der Waals surface area (Å²) in [5.74, 6) is -0.923. The number of hydrogen-bond donors (Lipinski definition) is 1. The van der Waals surface area contributed by atoms with E-state index < -0.39 is 18.2 Å². The summed E-state index contributed by atoms with van der Waals surface area (Å²) in [6.45, 7) is -1.02. The molecule has 1 saturated carbocycles. The van der Waals surface area contributed by atoms with Crippen LogP contribution < -0.4 is 15.2 Å². The molecule has 2 N–H and O–H groups in total. The summed E-state index contributed by atoms with van der Waals surface area (Å²) >= 11 is 0. The van der Waals surface area contributed by atoms with Crippen molar-refractivity contribution in [2.75, 3.05) is 5.73 Å². The van der Waals surface area contributed by atoms with Gasteiger partial charge < -0.3 is 15.2 Å². The number of nitrogen functional groups attached to an aromatic ring is 1. The maximum Gasteiger partial charge on any atom is 0.387 e. The maximum absolute atomic E-state index is 13.5. The molecule has 2 unspecified atom stereocenters. The molecule has 0 amide bonds. The Bertz CT molecular complexity index is 468. The van der Waals surface area contributed by atoms with E-state index in [0.717, 1.165) is 37.8 Å². The monoisotopic (exact) mass is 289 g/mol. The van der Waals surface area contributed by atoms with E-state index in [1.54, 1.807) is 0 Å². The van der Waals surface area contributed by atoms with Gasteiger partial charge >= 0.3 is 6.61 Å². The zero-order valence-electron chi connectivity index (χ0n) is 11.2. The Kier molecular flexibility index (Phi) is 4.62. The molecule has 0 saturated heterocycles. The molecule has 6 heteroatoms. The molecule has 1 aliphatic carbocycles. The summed E-state index contributed by atoms with van der Waals surface area (Å²) in [5.41, 5.74) is 5.76. The van der Waals surface area contributed by atoms with E-state index >= 15 is 0 Å². The molecule has 112 valence electrons. The van der Waals surface area contributed by atoms with E-state index in [1.807, 2.05) is 0 Å². The van der Waals surface area contributed by atoms with Crippen molar-refractivity contribution in [1.29, 1.82) is 0 Å². The van der Waals surface area contributed by atoms with Gasteiger partial charge in [0.2, 0.25) is 0 Å². The Hall–Kier alpha value is -1.59. The summed E-state index contributed by atoms with van der Waals surface area (Å²) < 4.78 is 47.7. The van der Waals surface area contributed by atoms with Crippen molar-refractivity contribution in [2.45, 2.75) is 45.3 Å². The molecule has 1 fully saturated rings. The topological polar surface area (TPSA) is 44.5 Å². The third-order valence-electron chi connectivity index (χ3n) is 3.59. The normalized spacial score (nSPS) is 22.9. The van der Waals surface area contributed by atoms with Crippen LogP contribution in [0.15, 0.2) is 12.1 Å². The fourth-order valence-corrected chi connectivity index (χ4v) is 2.46. The van der Waals surface area contributed by atoms with Crippen molar-refractivity contribution in [3.63, 3.8) is 0 Å². The number of halogens is 3. The summed E-state index contributed by atoms with van der Waals surface area (Å²) in [7, 11) is 0. The fraction of sp³-hybridized carbons (Fsp3) is 0.571. The number of ether oxygens (including phenoxy) is 2. The first-order chi connectivity index (χ1) is 9.47. The van der Waals surface area contributed by atoms with Crippen LogP contribution in [0.4, 0.5) is 18.9 Å². The number of benzene rings is 1. The minimum absolute atomic E-state index is 0.0316. The molecule has 3 nitrogen and oxygen atoms in total. The van der Waals surface area contributed by atoms with Crippen LogP contribution in [0, 0.1) is 11.7 Å². The predicted octanol–water partition coefficient (Wildman–Crippen LogP) is 3.97. The first kappa shape index (κ1) is 14.8. The van der Waals surface area contributed by atoms with E-state index in [-0.39, 0.29) is 17.5 Å². The van der Waals surface area contributed by atoms with E-state index in [0.29, 0.717) is 5.92 Å². The van der Waals surface area contributed by atoms with Gasteiger partial charge in [0.05, 0.1) is 5.69 Å². The molecule has 0 aromatic heterocycles. The molecule has 1 aliphatic rings. The van der Waals surface area contributed by atoms with Crippen molar-refractivity contribution in [2.24, 2.45) is 5.92 Å². The minimum atomic E-state index is -3.09. The summed E-state index contributed by atoms with van der Waals surface area (Å²) in [6.07, 6.45) is 4.10. The third-order valence-corrected chi connectivity index (χ3v) is 3.59. The molecule has 0 heterocycles. The highest BCUT2D eigenvalue weighted by atomic mass is 19.3. The average Bonchev–Trinajstić information content (AvgIpc) is 2.37. The van der Waals surface area contributed by atoms with Crippen LogP contribution in [0.2, 0.25) is 0 Å². The molecule has 0 aliphatic heterocycles. The quantitative estimate of drug-likeness (QED) is 0.853. The van der Waals surface area contributed by atoms with Gasteiger partial charge in [0.15, 0.2) is 11.6 Å². The highest BCUT2D eigenvalue weighted by Crippen LogP contribution is 2.35. The molecule has 1 aromatic rings. The van der Waals surface area contributed by atoms with Crippen molar-refractivity contribution in [3.8, 4) is 11.5 Å². The number of rotatable bonds is 4. The van der Waals surface area contributed by atoms with Gasteiger partial charge in [-0.3, -0.25) is 0 Å². The zero-order valence-corrected chi connectivity index (χ0v) is 11.2. The average molecular weight is 289 g/mol. The van der Waals surface area contributed by atoms with Crippen LogP contribution in [0.5, 0.6) is 11.5 Å². The van der Waals surface area contributed by atoms with Crippen molar-refractivity contribution >= 4 is 5.69 Å². The molecular formula is C14H18F3NO2.